The molecule has 1 saturated carbocycles. The summed E-state index contributed by atoms with van der Waals surface area (Å²) in [7, 11) is 1.82. The summed E-state index contributed by atoms with van der Waals surface area (Å²) in [5.74, 6) is 0.991. The van der Waals surface area contributed by atoms with Crippen molar-refractivity contribution in [1.29, 1.82) is 0 Å². The number of carbonyl (C=O) groups is 1. The average molecular weight is 492 g/mol. The van der Waals surface area contributed by atoms with Crippen molar-refractivity contribution in [2.75, 3.05) is 11.9 Å². The Bertz CT molecular complexity index is 1750. The molecule has 0 unspecified atom stereocenters. The normalized spacial score (nSPS) is 13.5. The molecule has 1 fully saturated rings. The van der Waals surface area contributed by atoms with Gasteiger partial charge in [0, 0.05) is 41.9 Å². The number of hydrogen-bond acceptors (Lipinski definition) is 6. The molecule has 176 valence electrons. The van der Waals surface area contributed by atoms with E-state index in [1.54, 1.807) is 28.6 Å². The monoisotopic (exact) mass is 491 g/mol. The number of aromatic amines is 2. The maximum absolute atomic E-state index is 12.5. The number of carbonyl (C=O) groups excluding carboxylic acids is 1. The number of rotatable bonds is 5. The first kappa shape index (κ1) is 21.0. The topological polar surface area (TPSA) is 103 Å². The van der Waals surface area contributed by atoms with Crippen LogP contribution in [-0.2, 0) is 4.79 Å². The summed E-state index contributed by atoms with van der Waals surface area (Å²) in [5, 5.41) is 12.8. The van der Waals surface area contributed by atoms with Crippen molar-refractivity contribution in [2.45, 2.75) is 12.8 Å². The lowest BCUT2D eigenvalue weighted by atomic mass is 10.0. The molecule has 2 N–H and O–H groups in total. The van der Waals surface area contributed by atoms with Gasteiger partial charge >= 0.3 is 0 Å². The van der Waals surface area contributed by atoms with Crippen molar-refractivity contribution in [3.63, 3.8) is 0 Å². The number of fused-ring (bicyclic) bond motifs is 2. The minimum atomic E-state index is 0.155. The third kappa shape index (κ3) is 3.47. The molecular weight excluding hydrogens is 470 g/mol. The molecule has 6 aromatic rings. The second-order valence-corrected chi connectivity index (χ2v) is 9.90. The number of anilines is 1. The van der Waals surface area contributed by atoms with Gasteiger partial charge in [-0.05, 0) is 59.0 Å². The number of pyridine rings is 2. The molecule has 5 aromatic heterocycles. The average Bonchev–Trinajstić information content (AvgIpc) is 3.29. The van der Waals surface area contributed by atoms with Crippen molar-refractivity contribution in [3.8, 4) is 33.8 Å². The van der Waals surface area contributed by atoms with Crippen LogP contribution in [0.5, 0.6) is 0 Å². The van der Waals surface area contributed by atoms with Crippen LogP contribution >= 0.6 is 11.3 Å². The Hall–Kier alpha value is -4.37. The van der Waals surface area contributed by atoms with Crippen LogP contribution in [0.3, 0.4) is 0 Å². The Labute approximate surface area is 210 Å². The Morgan fingerprint density at radius 3 is 2.72 bits per heavy atom. The van der Waals surface area contributed by atoms with Gasteiger partial charge < -0.3 is 9.88 Å². The minimum absolute atomic E-state index is 0.155. The smallest absolute Gasteiger partial charge is 0.229 e. The van der Waals surface area contributed by atoms with Crippen LogP contribution in [0.25, 0.3) is 55.7 Å². The SMILES string of the molecule is CN(C(=O)C1CC1)c1cncc(-c2ccc3[nH]nc(-c4nc5c(-c6ccsc6)cncc5[nH]4)c3c2)c1. The lowest BCUT2D eigenvalue weighted by molar-refractivity contribution is -0.119. The van der Waals surface area contributed by atoms with Crippen LogP contribution in [0.2, 0.25) is 0 Å². The summed E-state index contributed by atoms with van der Waals surface area (Å²) in [4.78, 5) is 31.4. The van der Waals surface area contributed by atoms with E-state index in [1.807, 2.05) is 43.0 Å². The van der Waals surface area contributed by atoms with Crippen LogP contribution in [0.1, 0.15) is 12.8 Å². The van der Waals surface area contributed by atoms with Gasteiger partial charge in [-0.15, -0.1) is 0 Å². The fourth-order valence-electron chi connectivity index (χ4n) is 4.55. The first-order valence-electron chi connectivity index (χ1n) is 11.7. The van der Waals surface area contributed by atoms with E-state index in [2.05, 4.69) is 42.7 Å². The maximum atomic E-state index is 12.5. The molecular formula is C27H21N7OS. The molecule has 1 aliphatic carbocycles. The molecule has 0 bridgehead atoms. The number of benzene rings is 1. The van der Waals surface area contributed by atoms with Gasteiger partial charge in [0.2, 0.25) is 5.91 Å². The van der Waals surface area contributed by atoms with Crippen molar-refractivity contribution in [1.82, 2.24) is 30.1 Å². The number of nitrogens with zero attached hydrogens (tertiary/aromatic N) is 5. The van der Waals surface area contributed by atoms with E-state index < -0.39 is 0 Å². The van der Waals surface area contributed by atoms with Gasteiger partial charge in [0.05, 0.1) is 29.1 Å². The molecule has 9 heteroatoms. The van der Waals surface area contributed by atoms with Gasteiger partial charge in [-0.25, -0.2) is 4.98 Å². The van der Waals surface area contributed by atoms with Crippen LogP contribution < -0.4 is 4.90 Å². The Morgan fingerprint density at radius 1 is 1.00 bits per heavy atom. The Kier molecular flexibility index (Phi) is 4.71. The summed E-state index contributed by atoms with van der Waals surface area (Å²) in [5.41, 5.74) is 8.19. The number of H-pyrrole nitrogens is 2. The van der Waals surface area contributed by atoms with Gasteiger partial charge in [0.15, 0.2) is 5.82 Å². The first-order chi connectivity index (χ1) is 17.7. The highest BCUT2D eigenvalue weighted by Gasteiger charge is 2.32. The summed E-state index contributed by atoms with van der Waals surface area (Å²) in [6.07, 6.45) is 9.14. The molecule has 5 heterocycles. The summed E-state index contributed by atoms with van der Waals surface area (Å²) in [6.45, 7) is 0. The molecule has 8 nitrogen and oxygen atoms in total. The number of amides is 1. The molecule has 1 aliphatic rings. The Morgan fingerprint density at radius 2 is 1.89 bits per heavy atom. The molecule has 1 aromatic carbocycles. The molecule has 36 heavy (non-hydrogen) atoms. The molecule has 7 rings (SSSR count). The van der Waals surface area contributed by atoms with Gasteiger partial charge in [0.25, 0.3) is 0 Å². The van der Waals surface area contributed by atoms with E-state index in [4.69, 9.17) is 4.98 Å². The van der Waals surface area contributed by atoms with Crippen molar-refractivity contribution in [2.24, 2.45) is 5.92 Å². The van der Waals surface area contributed by atoms with E-state index in [9.17, 15) is 4.79 Å². The standard InChI is InChI=1S/C27H21N7OS/c1-34(27(35)15-2-3-15)19-8-18(10-28-11-19)16-4-5-22-20(9-16)25(33-32-22)26-30-23-13-29-12-21(24(23)31-26)17-6-7-36-14-17/h4-15H,2-3H2,1H3,(H,30,31)(H,32,33). The number of aromatic nitrogens is 6. The summed E-state index contributed by atoms with van der Waals surface area (Å²) >= 11 is 1.65. The molecule has 0 radical (unpaired) electrons. The van der Waals surface area contributed by atoms with Crippen LogP contribution in [0.15, 0.2) is 65.9 Å². The summed E-state index contributed by atoms with van der Waals surface area (Å²) in [6, 6.07) is 10.2. The van der Waals surface area contributed by atoms with Crippen molar-refractivity contribution >= 4 is 44.9 Å². The quantitative estimate of drug-likeness (QED) is 0.324. The molecule has 0 spiro atoms. The first-order valence-corrected chi connectivity index (χ1v) is 12.7. The van der Waals surface area contributed by atoms with Crippen molar-refractivity contribution < 1.29 is 4.79 Å². The van der Waals surface area contributed by atoms with E-state index in [0.29, 0.717) is 5.82 Å². The third-order valence-corrected chi connectivity index (χ3v) is 7.40. The second kappa shape index (κ2) is 8.10. The molecule has 0 aliphatic heterocycles. The number of imidazole rings is 1. The van der Waals surface area contributed by atoms with Gasteiger partial charge in [-0.2, -0.15) is 16.4 Å². The largest absolute Gasteiger partial charge is 0.335 e. The summed E-state index contributed by atoms with van der Waals surface area (Å²) < 4.78 is 0. The highest BCUT2D eigenvalue weighted by molar-refractivity contribution is 7.08. The predicted octanol–water partition coefficient (Wildman–Crippen LogP) is 5.66. The van der Waals surface area contributed by atoms with E-state index >= 15 is 0 Å². The zero-order valence-corrected chi connectivity index (χ0v) is 20.2. The third-order valence-electron chi connectivity index (χ3n) is 6.72. The zero-order chi connectivity index (χ0) is 24.2. The highest BCUT2D eigenvalue weighted by Crippen LogP contribution is 2.35. The lowest BCUT2D eigenvalue weighted by Crippen LogP contribution is -2.27. The highest BCUT2D eigenvalue weighted by atomic mass is 32.1. The Balaban J connectivity index is 1.29. The van der Waals surface area contributed by atoms with Crippen molar-refractivity contribution in [3.05, 3.63) is 65.9 Å². The van der Waals surface area contributed by atoms with Gasteiger partial charge in [0.1, 0.15) is 11.2 Å². The minimum Gasteiger partial charge on any atom is -0.335 e. The second-order valence-electron chi connectivity index (χ2n) is 9.12. The molecule has 0 saturated heterocycles. The van der Waals surface area contributed by atoms with E-state index in [1.165, 1.54) is 0 Å². The fraction of sp³-hybridized carbons (Fsp3) is 0.148. The molecule has 0 atom stereocenters. The maximum Gasteiger partial charge on any atom is 0.229 e. The van der Waals surface area contributed by atoms with E-state index in [-0.39, 0.29) is 11.8 Å². The van der Waals surface area contributed by atoms with Gasteiger partial charge in [-0.1, -0.05) is 6.07 Å². The van der Waals surface area contributed by atoms with Crippen LogP contribution in [0.4, 0.5) is 5.69 Å². The predicted molar refractivity (Wildman–Crippen MR) is 142 cm³/mol. The number of hydrogen-bond donors (Lipinski definition) is 2. The number of thiophene rings is 1. The van der Waals surface area contributed by atoms with Crippen LogP contribution in [0, 0.1) is 5.92 Å². The zero-order valence-electron chi connectivity index (χ0n) is 19.4. The fourth-order valence-corrected chi connectivity index (χ4v) is 5.20. The van der Waals surface area contributed by atoms with Gasteiger partial charge in [-0.3, -0.25) is 19.9 Å². The number of nitrogens with one attached hydrogen (secondary N) is 2. The molecule has 1 amide bonds. The van der Waals surface area contributed by atoms with Crippen LogP contribution in [-0.4, -0.2) is 43.1 Å². The van der Waals surface area contributed by atoms with E-state index in [0.717, 1.165) is 68.4 Å². The lowest BCUT2D eigenvalue weighted by Gasteiger charge is -2.17.